The molecule has 1 aliphatic carbocycles. The molecule has 126 valence electrons. The van der Waals surface area contributed by atoms with Crippen molar-refractivity contribution in [2.45, 2.75) is 25.8 Å². The summed E-state index contributed by atoms with van der Waals surface area (Å²) in [6, 6.07) is 7.35. The van der Waals surface area contributed by atoms with Crippen LogP contribution in [0.25, 0.3) is 0 Å². The fourth-order valence-corrected chi connectivity index (χ4v) is 2.19. The number of aliphatic imine (C=N–C) groups is 1. The van der Waals surface area contributed by atoms with Gasteiger partial charge in [0, 0.05) is 5.69 Å². The van der Waals surface area contributed by atoms with E-state index in [1.54, 1.807) is 14.0 Å². The van der Waals surface area contributed by atoms with Gasteiger partial charge in [0.1, 0.15) is 5.75 Å². The summed E-state index contributed by atoms with van der Waals surface area (Å²) in [6.07, 6.45) is 1.79. The first-order valence-corrected chi connectivity index (χ1v) is 7.76. The summed E-state index contributed by atoms with van der Waals surface area (Å²) in [4.78, 5) is 15.9. The second-order valence-corrected chi connectivity index (χ2v) is 5.39. The molecule has 1 aliphatic rings. The van der Waals surface area contributed by atoms with E-state index in [0.717, 1.165) is 24.3 Å². The summed E-state index contributed by atoms with van der Waals surface area (Å²) in [7, 11) is 1.62. The number of alkyl carbamates (subject to hydrolysis) is 1. The summed E-state index contributed by atoms with van der Waals surface area (Å²) in [5, 5.41) is 5.86. The lowest BCUT2D eigenvalue weighted by Gasteiger charge is -2.16. The summed E-state index contributed by atoms with van der Waals surface area (Å²) in [6.45, 7) is 2.56. The van der Waals surface area contributed by atoms with E-state index in [4.69, 9.17) is 15.2 Å². The summed E-state index contributed by atoms with van der Waals surface area (Å²) < 4.78 is 10.0. The van der Waals surface area contributed by atoms with Crippen LogP contribution >= 0.6 is 0 Å². The molecule has 4 N–H and O–H groups in total. The van der Waals surface area contributed by atoms with Gasteiger partial charge in [-0.05, 0) is 49.9 Å². The zero-order valence-corrected chi connectivity index (χ0v) is 13.5. The van der Waals surface area contributed by atoms with Crippen molar-refractivity contribution >= 4 is 17.7 Å². The monoisotopic (exact) mass is 320 g/mol. The maximum Gasteiger partial charge on any atom is 0.407 e. The van der Waals surface area contributed by atoms with Crippen LogP contribution in [-0.2, 0) is 4.74 Å². The molecule has 1 fully saturated rings. The summed E-state index contributed by atoms with van der Waals surface area (Å²) in [5.41, 5.74) is 6.73. The Balaban J connectivity index is 1.86. The van der Waals surface area contributed by atoms with Gasteiger partial charge in [0.15, 0.2) is 5.96 Å². The molecule has 1 atom stereocenters. The average molecular weight is 320 g/mol. The van der Waals surface area contributed by atoms with E-state index in [-0.39, 0.29) is 6.04 Å². The van der Waals surface area contributed by atoms with E-state index in [0.29, 0.717) is 25.0 Å². The maximum absolute atomic E-state index is 11.5. The smallest absolute Gasteiger partial charge is 0.407 e. The molecule has 0 heterocycles. The molecular formula is C16H24N4O3. The van der Waals surface area contributed by atoms with Crippen molar-refractivity contribution < 1.29 is 14.3 Å². The van der Waals surface area contributed by atoms with Gasteiger partial charge in [-0.2, -0.15) is 0 Å². The number of carbonyl (C=O) groups excluding carboxylic acids is 1. The highest BCUT2D eigenvalue weighted by molar-refractivity contribution is 5.92. The Labute approximate surface area is 136 Å². The highest BCUT2D eigenvalue weighted by Gasteiger charge is 2.32. The van der Waals surface area contributed by atoms with Crippen molar-refractivity contribution in [2.75, 3.05) is 25.6 Å². The number of hydrogen-bond donors (Lipinski definition) is 3. The number of guanidine groups is 1. The standard InChI is InChI=1S/C16H24N4O3/c1-3-23-16(21)20-14(11-4-5-11)10-18-15(17)19-12-6-8-13(22-2)9-7-12/h6-9,11,14H,3-5,10H2,1-2H3,(H,20,21)(H3,17,18,19). The van der Waals surface area contributed by atoms with Gasteiger partial charge >= 0.3 is 6.09 Å². The van der Waals surface area contributed by atoms with Crippen LogP contribution < -0.4 is 21.1 Å². The molecule has 0 aliphatic heterocycles. The fourth-order valence-electron chi connectivity index (χ4n) is 2.19. The molecule has 0 spiro atoms. The zero-order valence-electron chi connectivity index (χ0n) is 13.5. The first kappa shape index (κ1) is 16.9. The lowest BCUT2D eigenvalue weighted by Crippen LogP contribution is -2.39. The lowest BCUT2D eigenvalue weighted by atomic mass is 10.2. The SMILES string of the molecule is CCOC(=O)NC(CN=C(N)Nc1ccc(OC)cc1)C1CC1. The molecule has 23 heavy (non-hydrogen) atoms. The third-order valence-electron chi connectivity index (χ3n) is 3.59. The minimum Gasteiger partial charge on any atom is -0.497 e. The number of anilines is 1. The van der Waals surface area contributed by atoms with Crippen LogP contribution in [0.4, 0.5) is 10.5 Å². The summed E-state index contributed by atoms with van der Waals surface area (Å²) >= 11 is 0. The topological polar surface area (TPSA) is 98.0 Å². The molecular weight excluding hydrogens is 296 g/mol. The molecule has 1 saturated carbocycles. The van der Waals surface area contributed by atoms with E-state index in [1.807, 2.05) is 24.3 Å². The Kier molecular flexibility index (Phi) is 6.08. The molecule has 7 nitrogen and oxygen atoms in total. The Morgan fingerprint density at radius 3 is 2.65 bits per heavy atom. The van der Waals surface area contributed by atoms with Crippen molar-refractivity contribution in [1.82, 2.24) is 5.32 Å². The Bertz CT molecular complexity index is 541. The first-order valence-electron chi connectivity index (χ1n) is 7.76. The largest absolute Gasteiger partial charge is 0.497 e. The molecule has 1 aromatic carbocycles. The van der Waals surface area contributed by atoms with Gasteiger partial charge in [0.2, 0.25) is 0 Å². The van der Waals surface area contributed by atoms with E-state index < -0.39 is 6.09 Å². The molecule has 0 saturated heterocycles. The van der Waals surface area contributed by atoms with Crippen LogP contribution in [0.5, 0.6) is 5.75 Å². The number of methoxy groups -OCH3 is 1. The number of hydrogen-bond acceptors (Lipinski definition) is 4. The van der Waals surface area contributed by atoms with Gasteiger partial charge in [-0.25, -0.2) is 4.79 Å². The predicted octanol–water partition coefficient (Wildman–Crippen LogP) is 1.95. The Hall–Kier alpha value is -2.44. The molecule has 0 bridgehead atoms. The molecule has 0 radical (unpaired) electrons. The second kappa shape index (κ2) is 8.26. The number of rotatable bonds is 7. The second-order valence-electron chi connectivity index (χ2n) is 5.39. The third kappa shape index (κ3) is 5.69. The van der Waals surface area contributed by atoms with Crippen molar-refractivity contribution in [2.24, 2.45) is 16.6 Å². The fraction of sp³-hybridized carbons (Fsp3) is 0.500. The zero-order chi connectivity index (χ0) is 16.7. The number of amides is 1. The molecule has 0 aromatic heterocycles. The minimum atomic E-state index is -0.402. The number of nitrogens with zero attached hydrogens (tertiary/aromatic N) is 1. The molecule has 1 aromatic rings. The van der Waals surface area contributed by atoms with Crippen molar-refractivity contribution in [3.8, 4) is 5.75 Å². The quantitative estimate of drug-likeness (QED) is 0.527. The van der Waals surface area contributed by atoms with Crippen LogP contribution in [0.1, 0.15) is 19.8 Å². The lowest BCUT2D eigenvalue weighted by molar-refractivity contribution is 0.147. The highest BCUT2D eigenvalue weighted by atomic mass is 16.5. The van der Waals surface area contributed by atoms with Gasteiger partial charge in [-0.15, -0.1) is 0 Å². The number of nitrogens with one attached hydrogen (secondary N) is 2. The molecule has 1 unspecified atom stereocenters. The number of ether oxygens (including phenoxy) is 2. The van der Waals surface area contributed by atoms with Gasteiger partial charge in [-0.1, -0.05) is 0 Å². The van der Waals surface area contributed by atoms with Gasteiger partial charge in [0.25, 0.3) is 0 Å². The van der Waals surface area contributed by atoms with Crippen LogP contribution in [0.2, 0.25) is 0 Å². The van der Waals surface area contributed by atoms with Crippen molar-refractivity contribution in [1.29, 1.82) is 0 Å². The normalized spacial score (nSPS) is 15.7. The third-order valence-corrected chi connectivity index (χ3v) is 3.59. The van der Waals surface area contributed by atoms with Crippen LogP contribution in [-0.4, -0.2) is 38.4 Å². The number of nitrogens with two attached hydrogens (primary N) is 1. The van der Waals surface area contributed by atoms with Crippen LogP contribution in [0, 0.1) is 5.92 Å². The van der Waals surface area contributed by atoms with Crippen LogP contribution in [0.3, 0.4) is 0 Å². The first-order chi connectivity index (χ1) is 11.1. The molecule has 1 amide bonds. The van der Waals surface area contributed by atoms with Gasteiger partial charge in [0.05, 0.1) is 26.3 Å². The predicted molar refractivity (Wildman–Crippen MR) is 89.8 cm³/mol. The Morgan fingerprint density at radius 1 is 1.39 bits per heavy atom. The average Bonchev–Trinajstić information content (AvgIpc) is 3.37. The van der Waals surface area contributed by atoms with Gasteiger partial charge < -0.3 is 25.8 Å². The number of carbonyl (C=O) groups is 1. The van der Waals surface area contributed by atoms with Gasteiger partial charge in [-0.3, -0.25) is 4.99 Å². The van der Waals surface area contributed by atoms with E-state index in [2.05, 4.69) is 15.6 Å². The van der Waals surface area contributed by atoms with Crippen molar-refractivity contribution in [3.63, 3.8) is 0 Å². The van der Waals surface area contributed by atoms with E-state index in [1.165, 1.54) is 0 Å². The van der Waals surface area contributed by atoms with Crippen LogP contribution in [0.15, 0.2) is 29.3 Å². The molecule has 2 rings (SSSR count). The molecule has 7 heteroatoms. The minimum absolute atomic E-state index is 0.0368. The van der Waals surface area contributed by atoms with E-state index >= 15 is 0 Å². The van der Waals surface area contributed by atoms with E-state index in [9.17, 15) is 4.79 Å². The Morgan fingerprint density at radius 2 is 2.09 bits per heavy atom. The maximum atomic E-state index is 11.5. The highest BCUT2D eigenvalue weighted by Crippen LogP contribution is 2.32. The number of benzene rings is 1. The van der Waals surface area contributed by atoms with Crippen molar-refractivity contribution in [3.05, 3.63) is 24.3 Å². The summed E-state index contributed by atoms with van der Waals surface area (Å²) in [5.74, 6) is 1.54.